The summed E-state index contributed by atoms with van der Waals surface area (Å²) in [6, 6.07) is 0. The number of hydrogen-bond donors (Lipinski definition) is 1. The lowest BCUT2D eigenvalue weighted by Gasteiger charge is -2.31. The summed E-state index contributed by atoms with van der Waals surface area (Å²) in [6.45, 7) is 5.07. The molecule has 7 nitrogen and oxygen atoms in total. The minimum Gasteiger partial charge on any atom is -0.385 e. The van der Waals surface area contributed by atoms with Crippen LogP contribution < -0.4 is 5.56 Å². The molecule has 168 valence electrons. The van der Waals surface area contributed by atoms with Crippen molar-refractivity contribution in [3.05, 3.63) is 62.1 Å². The van der Waals surface area contributed by atoms with Crippen LogP contribution in [0, 0.1) is 6.92 Å². The number of likely N-dealkylation sites (tertiary alicyclic amines) is 1. The molecule has 2 aromatic heterocycles. The summed E-state index contributed by atoms with van der Waals surface area (Å²) in [4.78, 5) is 19.9. The SMILES string of the molecule is Cc1nc2n(c(=O)c1CCN1CCC(c3noc4c3C=C=CC(F)=C4)CC1)CCCC2O. The normalized spacial score (nSPS) is 21.2. The number of halogens is 1. The largest absolute Gasteiger partial charge is 0.385 e. The van der Waals surface area contributed by atoms with E-state index in [-0.39, 0.29) is 11.5 Å². The van der Waals surface area contributed by atoms with Crippen LogP contribution >= 0.6 is 0 Å². The number of aryl methyl sites for hydroxylation is 1. The van der Waals surface area contributed by atoms with Crippen molar-refractivity contribution < 1.29 is 14.0 Å². The number of rotatable bonds is 4. The van der Waals surface area contributed by atoms with E-state index in [1.54, 1.807) is 10.6 Å². The number of fused-ring (bicyclic) bond motifs is 2. The number of piperidine rings is 1. The van der Waals surface area contributed by atoms with Crippen LogP contribution in [0.5, 0.6) is 0 Å². The minimum absolute atomic E-state index is 0.00782. The Morgan fingerprint density at radius 2 is 2.06 bits per heavy atom. The molecule has 2 aromatic rings. The molecule has 0 saturated carbocycles. The Bertz CT molecular complexity index is 1180. The van der Waals surface area contributed by atoms with Crippen LogP contribution in [0.25, 0.3) is 12.2 Å². The molecule has 5 rings (SSSR count). The van der Waals surface area contributed by atoms with Gasteiger partial charge in [-0.2, -0.15) is 0 Å². The number of aromatic nitrogens is 3. The van der Waals surface area contributed by atoms with E-state index in [9.17, 15) is 14.3 Å². The van der Waals surface area contributed by atoms with Gasteiger partial charge in [0.1, 0.15) is 17.8 Å². The van der Waals surface area contributed by atoms with Crippen molar-refractivity contribution in [3.63, 3.8) is 0 Å². The molecular formula is C24H27FN4O3. The lowest BCUT2D eigenvalue weighted by Crippen LogP contribution is -2.37. The molecule has 1 unspecified atom stereocenters. The average molecular weight is 439 g/mol. The summed E-state index contributed by atoms with van der Waals surface area (Å²) in [7, 11) is 0. The number of aliphatic hydroxyl groups excluding tert-OH is 1. The van der Waals surface area contributed by atoms with Gasteiger partial charge in [-0.1, -0.05) is 5.16 Å². The van der Waals surface area contributed by atoms with E-state index in [1.807, 2.05) is 6.92 Å². The predicted molar refractivity (Wildman–Crippen MR) is 118 cm³/mol. The fourth-order valence-corrected chi connectivity index (χ4v) is 4.99. The molecule has 4 heterocycles. The molecule has 3 aliphatic rings. The molecule has 1 fully saturated rings. The zero-order valence-corrected chi connectivity index (χ0v) is 18.2. The quantitative estimate of drug-likeness (QED) is 0.738. The lowest BCUT2D eigenvalue weighted by atomic mass is 9.90. The molecule has 8 heteroatoms. The van der Waals surface area contributed by atoms with Crippen molar-refractivity contribution in [1.82, 2.24) is 19.6 Å². The summed E-state index contributed by atoms with van der Waals surface area (Å²) in [5, 5.41) is 14.4. The molecule has 32 heavy (non-hydrogen) atoms. The number of nitrogens with zero attached hydrogens (tertiary/aromatic N) is 4. The number of hydrogen-bond acceptors (Lipinski definition) is 6. The summed E-state index contributed by atoms with van der Waals surface area (Å²) < 4.78 is 20.6. The standard InChI is InChI=1S/C24H27FN4O3/c1-15-18(24(31)29-10-3-6-20(30)23(29)26-15)9-13-28-11-7-16(8-12-28)22-19-5-2-4-17(25)14-21(19)32-27-22/h4-5,14,16,20,30H,3,6-13H2,1H3. The van der Waals surface area contributed by atoms with Crippen molar-refractivity contribution in [3.8, 4) is 0 Å². The Balaban J connectivity index is 1.24. The maximum atomic E-state index is 13.6. The first-order valence-corrected chi connectivity index (χ1v) is 11.3. The Labute approximate surface area is 185 Å². The highest BCUT2D eigenvalue weighted by atomic mass is 19.1. The monoisotopic (exact) mass is 438 g/mol. The molecule has 1 N–H and O–H groups in total. The number of allylic oxidation sites excluding steroid dienone is 2. The molecule has 0 spiro atoms. The van der Waals surface area contributed by atoms with Crippen LogP contribution in [0.1, 0.15) is 71.8 Å². The molecule has 0 aromatic carbocycles. The second-order valence-electron chi connectivity index (χ2n) is 8.85. The molecule has 0 radical (unpaired) electrons. The Hall–Kier alpha value is -2.80. The Morgan fingerprint density at radius 3 is 2.88 bits per heavy atom. The summed E-state index contributed by atoms with van der Waals surface area (Å²) >= 11 is 0. The minimum atomic E-state index is -0.646. The first-order chi connectivity index (χ1) is 15.5. The zero-order valence-electron chi connectivity index (χ0n) is 18.2. The van der Waals surface area contributed by atoms with Gasteiger partial charge in [-0.3, -0.25) is 9.36 Å². The Kier molecular flexibility index (Phi) is 5.67. The summed E-state index contributed by atoms with van der Waals surface area (Å²) in [6.07, 6.45) is 7.70. The first kappa shape index (κ1) is 21.1. The van der Waals surface area contributed by atoms with E-state index >= 15 is 0 Å². The van der Waals surface area contributed by atoms with Gasteiger partial charge in [0, 0.05) is 42.4 Å². The van der Waals surface area contributed by atoms with Gasteiger partial charge in [0.25, 0.3) is 5.56 Å². The second-order valence-corrected chi connectivity index (χ2v) is 8.85. The van der Waals surface area contributed by atoms with Gasteiger partial charge >= 0.3 is 0 Å². The third-order valence-corrected chi connectivity index (χ3v) is 6.81. The highest BCUT2D eigenvalue weighted by Gasteiger charge is 2.28. The highest BCUT2D eigenvalue weighted by Crippen LogP contribution is 2.33. The van der Waals surface area contributed by atoms with Gasteiger partial charge < -0.3 is 14.5 Å². The van der Waals surface area contributed by atoms with E-state index in [1.165, 1.54) is 12.2 Å². The van der Waals surface area contributed by atoms with E-state index in [4.69, 9.17) is 4.52 Å². The summed E-state index contributed by atoms with van der Waals surface area (Å²) in [5.74, 6) is 0.816. The third kappa shape index (κ3) is 3.90. The van der Waals surface area contributed by atoms with Gasteiger partial charge in [0.05, 0.1) is 11.3 Å². The molecule has 1 atom stereocenters. The predicted octanol–water partition coefficient (Wildman–Crippen LogP) is 3.28. The average Bonchev–Trinajstić information content (AvgIpc) is 3.07. The van der Waals surface area contributed by atoms with E-state index in [2.05, 4.69) is 20.8 Å². The molecular weight excluding hydrogens is 411 g/mol. The summed E-state index contributed by atoms with van der Waals surface area (Å²) in [5.41, 5.74) is 6.00. The van der Waals surface area contributed by atoms with E-state index < -0.39 is 11.9 Å². The van der Waals surface area contributed by atoms with Crippen LogP contribution in [-0.2, 0) is 13.0 Å². The highest BCUT2D eigenvalue weighted by molar-refractivity contribution is 5.67. The van der Waals surface area contributed by atoms with Crippen LogP contribution in [0.3, 0.4) is 0 Å². The topological polar surface area (TPSA) is 84.4 Å². The van der Waals surface area contributed by atoms with Gasteiger partial charge in [-0.15, -0.1) is 5.73 Å². The lowest BCUT2D eigenvalue weighted by molar-refractivity contribution is 0.129. The fraction of sp³-hybridized carbons (Fsp3) is 0.500. The maximum Gasteiger partial charge on any atom is 0.257 e. The van der Waals surface area contributed by atoms with Crippen LogP contribution in [0.15, 0.2) is 27.0 Å². The Morgan fingerprint density at radius 1 is 1.25 bits per heavy atom. The van der Waals surface area contributed by atoms with Crippen molar-refractivity contribution in [2.24, 2.45) is 0 Å². The molecule has 2 aliphatic heterocycles. The van der Waals surface area contributed by atoms with Crippen molar-refractivity contribution >= 4 is 12.2 Å². The molecule has 1 aliphatic carbocycles. The molecule has 0 bridgehead atoms. The van der Waals surface area contributed by atoms with Crippen LogP contribution in [0.2, 0.25) is 0 Å². The van der Waals surface area contributed by atoms with Gasteiger partial charge in [-0.25, -0.2) is 9.37 Å². The smallest absolute Gasteiger partial charge is 0.257 e. The molecule has 0 amide bonds. The van der Waals surface area contributed by atoms with Crippen LogP contribution in [0.4, 0.5) is 4.39 Å². The van der Waals surface area contributed by atoms with Crippen LogP contribution in [-0.4, -0.2) is 44.3 Å². The van der Waals surface area contributed by atoms with Crippen molar-refractivity contribution in [2.75, 3.05) is 19.6 Å². The van der Waals surface area contributed by atoms with Gasteiger partial charge in [-0.05, 0) is 58.2 Å². The molecule has 1 saturated heterocycles. The number of aliphatic hydroxyl groups is 1. The van der Waals surface area contributed by atoms with Crippen molar-refractivity contribution in [1.29, 1.82) is 0 Å². The van der Waals surface area contributed by atoms with Crippen molar-refractivity contribution in [2.45, 2.75) is 57.6 Å². The zero-order chi connectivity index (χ0) is 22.2. The first-order valence-electron chi connectivity index (χ1n) is 11.3. The second kappa shape index (κ2) is 8.62. The maximum absolute atomic E-state index is 13.6. The van der Waals surface area contributed by atoms with E-state index in [0.717, 1.165) is 61.4 Å². The fourth-order valence-electron chi connectivity index (χ4n) is 4.99. The van der Waals surface area contributed by atoms with Gasteiger partial charge in [0.15, 0.2) is 5.76 Å². The van der Waals surface area contributed by atoms with E-state index in [0.29, 0.717) is 31.0 Å². The third-order valence-electron chi connectivity index (χ3n) is 6.81. The van der Waals surface area contributed by atoms with Gasteiger partial charge in [0.2, 0.25) is 0 Å².